The summed E-state index contributed by atoms with van der Waals surface area (Å²) in [6, 6.07) is 0. The Labute approximate surface area is 84.3 Å². The van der Waals surface area contributed by atoms with Gasteiger partial charge in [0.1, 0.15) is 0 Å². The highest BCUT2D eigenvalue weighted by molar-refractivity contribution is 5.01. The number of hydrogen-bond acceptors (Lipinski definition) is 5. The van der Waals surface area contributed by atoms with Gasteiger partial charge in [0.2, 0.25) is 5.89 Å². The Bertz CT molecular complexity index is 293. The molecular formula is C9H18N4O. The highest BCUT2D eigenvalue weighted by atomic mass is 16.5. The highest BCUT2D eigenvalue weighted by Gasteiger charge is 2.25. The SMILES string of the molecule is CN(C)Cc1noc(C(C)(C)CN)n1. The maximum absolute atomic E-state index is 5.61. The molecule has 0 amide bonds. The number of nitrogens with zero attached hydrogens (tertiary/aromatic N) is 3. The lowest BCUT2D eigenvalue weighted by Crippen LogP contribution is -2.28. The molecule has 0 aliphatic rings. The van der Waals surface area contributed by atoms with Gasteiger partial charge in [-0.2, -0.15) is 4.98 Å². The zero-order valence-corrected chi connectivity index (χ0v) is 9.24. The van der Waals surface area contributed by atoms with Crippen molar-refractivity contribution < 1.29 is 4.52 Å². The fraction of sp³-hybridized carbons (Fsp3) is 0.778. The van der Waals surface area contributed by atoms with Crippen LogP contribution in [0.15, 0.2) is 4.52 Å². The van der Waals surface area contributed by atoms with Gasteiger partial charge in [0, 0.05) is 6.54 Å². The summed E-state index contributed by atoms with van der Waals surface area (Å²) < 4.78 is 5.15. The van der Waals surface area contributed by atoms with Gasteiger partial charge in [-0.25, -0.2) is 0 Å². The molecule has 1 rings (SSSR count). The van der Waals surface area contributed by atoms with E-state index in [1.807, 2.05) is 32.8 Å². The summed E-state index contributed by atoms with van der Waals surface area (Å²) in [5.74, 6) is 1.31. The molecule has 0 fully saturated rings. The first-order chi connectivity index (χ1) is 6.45. The van der Waals surface area contributed by atoms with Crippen LogP contribution in [0.5, 0.6) is 0 Å². The predicted molar refractivity (Wildman–Crippen MR) is 53.8 cm³/mol. The van der Waals surface area contributed by atoms with Crippen molar-refractivity contribution >= 4 is 0 Å². The molecule has 0 aliphatic heterocycles. The first kappa shape index (κ1) is 11.1. The fourth-order valence-corrected chi connectivity index (χ4v) is 0.963. The molecule has 0 saturated heterocycles. The first-order valence-electron chi connectivity index (χ1n) is 4.63. The maximum Gasteiger partial charge on any atom is 0.233 e. The lowest BCUT2D eigenvalue weighted by Gasteiger charge is -2.15. The van der Waals surface area contributed by atoms with Gasteiger partial charge in [-0.1, -0.05) is 5.16 Å². The van der Waals surface area contributed by atoms with Gasteiger partial charge < -0.3 is 15.2 Å². The summed E-state index contributed by atoms with van der Waals surface area (Å²) in [5, 5.41) is 3.89. The quantitative estimate of drug-likeness (QED) is 0.757. The molecule has 1 heterocycles. The van der Waals surface area contributed by atoms with Gasteiger partial charge in [-0.05, 0) is 27.9 Å². The molecule has 80 valence electrons. The Morgan fingerprint density at radius 2 is 2.07 bits per heavy atom. The summed E-state index contributed by atoms with van der Waals surface area (Å²) in [4.78, 5) is 6.28. The minimum atomic E-state index is -0.239. The van der Waals surface area contributed by atoms with E-state index in [1.54, 1.807) is 0 Å². The van der Waals surface area contributed by atoms with Crippen LogP contribution in [-0.4, -0.2) is 35.7 Å². The third-order valence-corrected chi connectivity index (χ3v) is 2.02. The van der Waals surface area contributed by atoms with Gasteiger partial charge in [-0.15, -0.1) is 0 Å². The van der Waals surface area contributed by atoms with E-state index >= 15 is 0 Å². The molecule has 0 radical (unpaired) electrons. The molecule has 0 bridgehead atoms. The molecule has 0 unspecified atom stereocenters. The number of nitrogens with two attached hydrogens (primary N) is 1. The van der Waals surface area contributed by atoms with E-state index in [9.17, 15) is 0 Å². The van der Waals surface area contributed by atoms with Crippen LogP contribution in [0.2, 0.25) is 0 Å². The van der Waals surface area contributed by atoms with E-state index in [1.165, 1.54) is 0 Å². The molecule has 0 spiro atoms. The molecule has 5 heteroatoms. The third kappa shape index (κ3) is 2.52. The summed E-state index contributed by atoms with van der Waals surface area (Å²) in [6.07, 6.45) is 0. The van der Waals surface area contributed by atoms with Crippen molar-refractivity contribution in [2.75, 3.05) is 20.6 Å². The van der Waals surface area contributed by atoms with Gasteiger partial charge >= 0.3 is 0 Å². The Morgan fingerprint density at radius 3 is 2.57 bits per heavy atom. The van der Waals surface area contributed by atoms with Crippen molar-refractivity contribution in [2.24, 2.45) is 5.73 Å². The van der Waals surface area contributed by atoms with Crippen LogP contribution in [0.25, 0.3) is 0 Å². The third-order valence-electron chi connectivity index (χ3n) is 2.02. The Hall–Kier alpha value is -0.940. The lowest BCUT2D eigenvalue weighted by atomic mass is 9.94. The van der Waals surface area contributed by atoms with Crippen molar-refractivity contribution in [2.45, 2.75) is 25.8 Å². The molecule has 1 aromatic heterocycles. The van der Waals surface area contributed by atoms with Crippen LogP contribution in [-0.2, 0) is 12.0 Å². The minimum absolute atomic E-state index is 0.239. The highest BCUT2D eigenvalue weighted by Crippen LogP contribution is 2.19. The molecule has 0 aliphatic carbocycles. The minimum Gasteiger partial charge on any atom is -0.339 e. The average molecular weight is 198 g/mol. The monoisotopic (exact) mass is 198 g/mol. The summed E-state index contributed by atoms with van der Waals surface area (Å²) in [6.45, 7) is 5.15. The summed E-state index contributed by atoms with van der Waals surface area (Å²) in [7, 11) is 3.92. The number of hydrogen-bond donors (Lipinski definition) is 1. The zero-order chi connectivity index (χ0) is 10.8. The smallest absolute Gasteiger partial charge is 0.233 e. The van der Waals surface area contributed by atoms with Crippen LogP contribution in [0.1, 0.15) is 25.6 Å². The Morgan fingerprint density at radius 1 is 1.43 bits per heavy atom. The average Bonchev–Trinajstić information content (AvgIpc) is 2.52. The second-order valence-corrected chi connectivity index (χ2v) is 4.34. The van der Waals surface area contributed by atoms with E-state index in [2.05, 4.69) is 10.1 Å². The standard InChI is InChI=1S/C9H18N4O/c1-9(2,6-10)8-11-7(12-14-8)5-13(3)4/h5-6,10H2,1-4H3. The molecular weight excluding hydrogens is 180 g/mol. The van der Waals surface area contributed by atoms with Gasteiger partial charge in [0.05, 0.1) is 12.0 Å². The molecule has 2 N–H and O–H groups in total. The molecule has 1 aromatic rings. The van der Waals surface area contributed by atoms with E-state index in [4.69, 9.17) is 10.3 Å². The zero-order valence-electron chi connectivity index (χ0n) is 9.24. The Balaban J connectivity index is 2.77. The van der Waals surface area contributed by atoms with Crippen LogP contribution in [0, 0.1) is 0 Å². The molecule has 0 aromatic carbocycles. The van der Waals surface area contributed by atoms with Gasteiger partial charge in [-0.3, -0.25) is 0 Å². The second kappa shape index (κ2) is 4.06. The lowest BCUT2D eigenvalue weighted by molar-refractivity contribution is 0.304. The van der Waals surface area contributed by atoms with E-state index in [-0.39, 0.29) is 5.41 Å². The molecule has 0 saturated carbocycles. The van der Waals surface area contributed by atoms with Gasteiger partial charge in [0.25, 0.3) is 0 Å². The maximum atomic E-state index is 5.61. The summed E-state index contributed by atoms with van der Waals surface area (Å²) >= 11 is 0. The first-order valence-corrected chi connectivity index (χ1v) is 4.63. The van der Waals surface area contributed by atoms with Crippen LogP contribution in [0.4, 0.5) is 0 Å². The number of aromatic nitrogens is 2. The van der Waals surface area contributed by atoms with E-state index in [0.29, 0.717) is 24.8 Å². The van der Waals surface area contributed by atoms with Crippen molar-refractivity contribution in [3.05, 3.63) is 11.7 Å². The normalized spacial score (nSPS) is 12.4. The van der Waals surface area contributed by atoms with E-state index in [0.717, 1.165) is 0 Å². The predicted octanol–water partition coefficient (Wildman–Crippen LogP) is 0.367. The molecule has 0 atom stereocenters. The van der Waals surface area contributed by atoms with Crippen LogP contribution >= 0.6 is 0 Å². The van der Waals surface area contributed by atoms with Crippen molar-refractivity contribution in [3.63, 3.8) is 0 Å². The van der Waals surface area contributed by atoms with E-state index < -0.39 is 0 Å². The van der Waals surface area contributed by atoms with Crippen molar-refractivity contribution in [3.8, 4) is 0 Å². The van der Waals surface area contributed by atoms with Crippen molar-refractivity contribution in [1.82, 2.24) is 15.0 Å². The van der Waals surface area contributed by atoms with Gasteiger partial charge in [0.15, 0.2) is 5.82 Å². The van der Waals surface area contributed by atoms with Crippen LogP contribution < -0.4 is 5.73 Å². The van der Waals surface area contributed by atoms with Crippen LogP contribution in [0.3, 0.4) is 0 Å². The topological polar surface area (TPSA) is 68.2 Å². The Kier molecular flexibility index (Phi) is 3.23. The molecule has 14 heavy (non-hydrogen) atoms. The fourth-order valence-electron chi connectivity index (χ4n) is 0.963. The number of rotatable bonds is 4. The largest absolute Gasteiger partial charge is 0.339 e. The van der Waals surface area contributed by atoms with Crippen molar-refractivity contribution in [1.29, 1.82) is 0 Å². The molecule has 5 nitrogen and oxygen atoms in total. The second-order valence-electron chi connectivity index (χ2n) is 4.34. The summed E-state index contributed by atoms with van der Waals surface area (Å²) in [5.41, 5.74) is 5.37.